The first-order valence-electron chi connectivity index (χ1n) is 13.4. The molecule has 0 spiro atoms. The molecular weight excluding hydrogens is 486 g/mol. The average molecular weight is 524 g/mol. The van der Waals surface area contributed by atoms with Crippen molar-refractivity contribution >= 4 is 11.8 Å². The minimum atomic E-state index is -0.207. The number of methoxy groups -OCH3 is 1. The fourth-order valence-electron chi connectivity index (χ4n) is 4.67. The van der Waals surface area contributed by atoms with Crippen LogP contribution in [0.15, 0.2) is 103 Å². The predicted octanol–water partition coefficient (Wildman–Crippen LogP) is 5.87. The van der Waals surface area contributed by atoms with Crippen LogP contribution in [0.4, 0.5) is 0 Å². The van der Waals surface area contributed by atoms with Crippen LogP contribution in [-0.4, -0.2) is 46.4 Å². The van der Waals surface area contributed by atoms with Gasteiger partial charge in [0.2, 0.25) is 5.91 Å². The minimum absolute atomic E-state index is 0.0126. The highest BCUT2D eigenvalue weighted by molar-refractivity contribution is 5.98. The molecule has 0 saturated heterocycles. The molecule has 2 amide bonds. The molecule has 0 N–H and O–H groups in total. The number of ether oxygens (including phenoxy) is 1. The molecule has 3 aromatic carbocycles. The number of aromatic nitrogens is 1. The number of rotatable bonds is 12. The first-order chi connectivity index (χ1) is 18.9. The molecule has 0 radical (unpaired) electrons. The zero-order valence-electron chi connectivity index (χ0n) is 23.0. The number of amides is 2. The first-order valence-corrected chi connectivity index (χ1v) is 13.4. The molecule has 0 atom stereocenters. The maximum absolute atomic E-state index is 13.9. The summed E-state index contributed by atoms with van der Waals surface area (Å²) in [6, 6.07) is 31.5. The third kappa shape index (κ3) is 7.60. The van der Waals surface area contributed by atoms with Crippen molar-refractivity contribution in [1.29, 1.82) is 0 Å². The zero-order valence-corrected chi connectivity index (χ0v) is 23.0. The van der Waals surface area contributed by atoms with Crippen LogP contribution in [0.5, 0.6) is 5.75 Å². The Morgan fingerprint density at radius 2 is 1.41 bits per heavy atom. The Kier molecular flexibility index (Phi) is 9.57. The standard InChI is InChI=1S/C33H37N3O3/c1-26(2)21-36(33(38)30-18-10-11-19-31(30)39-3)25-32(37)35(23-28-15-8-5-9-16-28)24-29-17-12-20-34(29)22-27-13-6-4-7-14-27/h4-20,26H,21-25H2,1-3H3. The Hall–Kier alpha value is -4.32. The summed E-state index contributed by atoms with van der Waals surface area (Å²) in [6.45, 7) is 6.16. The van der Waals surface area contributed by atoms with Crippen molar-refractivity contribution in [1.82, 2.24) is 14.4 Å². The van der Waals surface area contributed by atoms with E-state index in [0.29, 0.717) is 30.9 Å². The molecule has 1 heterocycles. The third-order valence-electron chi connectivity index (χ3n) is 6.58. The van der Waals surface area contributed by atoms with E-state index in [0.717, 1.165) is 17.8 Å². The van der Waals surface area contributed by atoms with Crippen molar-refractivity contribution in [3.63, 3.8) is 0 Å². The average Bonchev–Trinajstić information content (AvgIpc) is 3.38. The molecule has 0 bridgehead atoms. The summed E-state index contributed by atoms with van der Waals surface area (Å²) in [5.41, 5.74) is 3.73. The van der Waals surface area contributed by atoms with Gasteiger partial charge in [0.1, 0.15) is 12.3 Å². The monoisotopic (exact) mass is 523 g/mol. The van der Waals surface area contributed by atoms with Crippen LogP contribution in [0.2, 0.25) is 0 Å². The van der Waals surface area contributed by atoms with Gasteiger partial charge in [0.25, 0.3) is 5.91 Å². The predicted molar refractivity (Wildman–Crippen MR) is 154 cm³/mol. The lowest BCUT2D eigenvalue weighted by Gasteiger charge is -2.29. The maximum atomic E-state index is 13.9. The Balaban J connectivity index is 1.59. The lowest BCUT2D eigenvalue weighted by Crippen LogP contribution is -2.44. The topological polar surface area (TPSA) is 54.8 Å². The van der Waals surface area contributed by atoms with Crippen LogP contribution in [0, 0.1) is 5.92 Å². The molecule has 1 aromatic heterocycles. The number of hydrogen-bond acceptors (Lipinski definition) is 3. The molecule has 0 aliphatic heterocycles. The van der Waals surface area contributed by atoms with Gasteiger partial charge in [-0.15, -0.1) is 0 Å². The van der Waals surface area contributed by atoms with E-state index in [1.807, 2.05) is 91.7 Å². The molecule has 0 aliphatic rings. The van der Waals surface area contributed by atoms with E-state index in [4.69, 9.17) is 4.74 Å². The summed E-state index contributed by atoms with van der Waals surface area (Å²) in [7, 11) is 1.55. The smallest absolute Gasteiger partial charge is 0.258 e. The molecule has 6 nitrogen and oxygen atoms in total. The minimum Gasteiger partial charge on any atom is -0.496 e. The van der Waals surface area contributed by atoms with E-state index in [2.05, 4.69) is 22.8 Å². The quantitative estimate of drug-likeness (QED) is 0.233. The maximum Gasteiger partial charge on any atom is 0.258 e. The van der Waals surface area contributed by atoms with E-state index in [1.54, 1.807) is 24.1 Å². The van der Waals surface area contributed by atoms with Crippen molar-refractivity contribution in [2.24, 2.45) is 5.92 Å². The van der Waals surface area contributed by atoms with Gasteiger partial charge in [0.15, 0.2) is 0 Å². The van der Waals surface area contributed by atoms with Crippen LogP contribution in [0.25, 0.3) is 0 Å². The van der Waals surface area contributed by atoms with E-state index < -0.39 is 0 Å². The number of benzene rings is 3. The molecule has 0 aliphatic carbocycles. The van der Waals surface area contributed by atoms with Gasteiger partial charge in [-0.25, -0.2) is 0 Å². The highest BCUT2D eigenvalue weighted by Crippen LogP contribution is 2.21. The van der Waals surface area contributed by atoms with Crippen LogP contribution in [0.3, 0.4) is 0 Å². The second kappa shape index (κ2) is 13.5. The fourth-order valence-corrected chi connectivity index (χ4v) is 4.67. The van der Waals surface area contributed by atoms with Crippen molar-refractivity contribution in [2.75, 3.05) is 20.2 Å². The van der Waals surface area contributed by atoms with E-state index in [-0.39, 0.29) is 24.3 Å². The van der Waals surface area contributed by atoms with Crippen LogP contribution in [0.1, 0.15) is 41.0 Å². The fraction of sp³-hybridized carbons (Fsp3) is 0.273. The van der Waals surface area contributed by atoms with Crippen LogP contribution < -0.4 is 4.74 Å². The van der Waals surface area contributed by atoms with E-state index in [1.165, 1.54) is 5.56 Å². The largest absolute Gasteiger partial charge is 0.496 e. The molecule has 39 heavy (non-hydrogen) atoms. The molecule has 202 valence electrons. The van der Waals surface area contributed by atoms with Crippen molar-refractivity contribution in [3.05, 3.63) is 126 Å². The Bertz CT molecular complexity index is 1350. The molecule has 0 saturated carbocycles. The highest BCUT2D eigenvalue weighted by Gasteiger charge is 2.25. The number of carbonyl (C=O) groups is 2. The molecule has 6 heteroatoms. The lowest BCUT2D eigenvalue weighted by atomic mass is 10.1. The molecular formula is C33H37N3O3. The number of carbonyl (C=O) groups excluding carboxylic acids is 2. The van der Waals surface area contributed by atoms with Crippen molar-refractivity contribution in [2.45, 2.75) is 33.5 Å². The van der Waals surface area contributed by atoms with Gasteiger partial charge < -0.3 is 19.1 Å². The summed E-state index contributed by atoms with van der Waals surface area (Å²) in [6.07, 6.45) is 2.05. The van der Waals surface area contributed by atoms with Gasteiger partial charge in [-0.2, -0.15) is 0 Å². The Labute approximate surface area is 231 Å². The highest BCUT2D eigenvalue weighted by atomic mass is 16.5. The van der Waals surface area contributed by atoms with E-state index in [9.17, 15) is 9.59 Å². The summed E-state index contributed by atoms with van der Waals surface area (Å²) < 4.78 is 7.61. The van der Waals surface area contributed by atoms with Gasteiger partial charge in [0, 0.05) is 31.5 Å². The van der Waals surface area contributed by atoms with E-state index >= 15 is 0 Å². The van der Waals surface area contributed by atoms with Crippen LogP contribution >= 0.6 is 0 Å². The summed E-state index contributed by atoms with van der Waals surface area (Å²) in [5, 5.41) is 0. The normalized spacial score (nSPS) is 10.9. The Morgan fingerprint density at radius 3 is 2.08 bits per heavy atom. The molecule has 4 aromatic rings. The first kappa shape index (κ1) is 27.7. The number of hydrogen-bond donors (Lipinski definition) is 0. The van der Waals surface area contributed by atoms with Crippen LogP contribution in [-0.2, 0) is 24.4 Å². The number of para-hydroxylation sites is 1. The summed E-state index contributed by atoms with van der Waals surface area (Å²) >= 11 is 0. The van der Waals surface area contributed by atoms with Crippen molar-refractivity contribution in [3.8, 4) is 5.75 Å². The number of nitrogens with zero attached hydrogens (tertiary/aromatic N) is 3. The SMILES string of the molecule is COc1ccccc1C(=O)N(CC(=O)N(Cc1ccccc1)Cc1cccn1Cc1ccccc1)CC(C)C. The van der Waals surface area contributed by atoms with Gasteiger partial charge >= 0.3 is 0 Å². The Morgan fingerprint density at radius 1 is 0.769 bits per heavy atom. The second-order valence-electron chi connectivity index (χ2n) is 10.1. The lowest BCUT2D eigenvalue weighted by molar-refractivity contribution is -0.133. The zero-order chi connectivity index (χ0) is 27.6. The summed E-state index contributed by atoms with van der Waals surface area (Å²) in [4.78, 5) is 31.0. The second-order valence-corrected chi connectivity index (χ2v) is 10.1. The van der Waals surface area contributed by atoms with Gasteiger partial charge in [0.05, 0.1) is 19.2 Å². The molecule has 0 unspecified atom stereocenters. The third-order valence-corrected chi connectivity index (χ3v) is 6.58. The molecule has 0 fully saturated rings. The molecule has 4 rings (SSSR count). The van der Waals surface area contributed by atoms with Gasteiger partial charge in [-0.05, 0) is 41.3 Å². The van der Waals surface area contributed by atoms with Gasteiger partial charge in [-0.1, -0.05) is 86.6 Å². The van der Waals surface area contributed by atoms with Gasteiger partial charge in [-0.3, -0.25) is 9.59 Å². The summed E-state index contributed by atoms with van der Waals surface area (Å²) in [5.74, 6) is 0.391. The van der Waals surface area contributed by atoms with Crippen molar-refractivity contribution < 1.29 is 14.3 Å².